The molecule has 0 saturated heterocycles. The van der Waals surface area contributed by atoms with E-state index in [1.807, 2.05) is 18.2 Å². The summed E-state index contributed by atoms with van der Waals surface area (Å²) in [6.45, 7) is 16.8. The lowest BCUT2D eigenvalue weighted by molar-refractivity contribution is -0.138. The van der Waals surface area contributed by atoms with E-state index in [4.69, 9.17) is 4.74 Å². The number of phenols is 1. The fraction of sp³-hybridized carbons (Fsp3) is 0.591. The van der Waals surface area contributed by atoms with Gasteiger partial charge in [0.25, 0.3) is 0 Å². The van der Waals surface area contributed by atoms with Gasteiger partial charge in [-0.3, -0.25) is 0 Å². The molecule has 0 aromatic heterocycles. The molecule has 0 atom stereocenters. The predicted octanol–water partition coefficient (Wildman–Crippen LogP) is 5.73. The smallest absolute Gasteiger partial charge is 0.333 e. The molecule has 3 nitrogen and oxygen atoms in total. The highest BCUT2D eigenvalue weighted by molar-refractivity contribution is 5.93. The predicted molar refractivity (Wildman–Crippen MR) is 105 cm³/mol. The van der Waals surface area contributed by atoms with Gasteiger partial charge in [0.15, 0.2) is 0 Å². The number of carbonyl (C=O) groups excluding carboxylic acids is 1. The molecule has 1 aromatic rings. The SMILES string of the molecule is CCCCOC(=O)C(C)=Cc1cc(C(C)(C)C)c(O)c(C(C)(C)C)c1. The van der Waals surface area contributed by atoms with Gasteiger partial charge >= 0.3 is 5.97 Å². The zero-order chi connectivity index (χ0) is 19.4. The zero-order valence-electron chi connectivity index (χ0n) is 17.1. The molecule has 0 amide bonds. The summed E-state index contributed by atoms with van der Waals surface area (Å²) in [6, 6.07) is 3.93. The molecule has 1 rings (SSSR count). The Balaban J connectivity index is 3.32. The number of unbranched alkanes of at least 4 members (excludes halogenated alkanes) is 1. The van der Waals surface area contributed by atoms with Crippen LogP contribution >= 0.6 is 0 Å². The van der Waals surface area contributed by atoms with Gasteiger partial charge in [0.2, 0.25) is 0 Å². The maximum absolute atomic E-state index is 12.1. The summed E-state index contributed by atoms with van der Waals surface area (Å²) in [6.07, 6.45) is 3.72. The second kappa shape index (κ2) is 8.07. The molecule has 0 fully saturated rings. The number of aromatic hydroxyl groups is 1. The summed E-state index contributed by atoms with van der Waals surface area (Å²) in [5, 5.41) is 10.8. The van der Waals surface area contributed by atoms with E-state index in [2.05, 4.69) is 48.5 Å². The van der Waals surface area contributed by atoms with Crippen LogP contribution < -0.4 is 0 Å². The van der Waals surface area contributed by atoms with Crippen LogP contribution in [0.3, 0.4) is 0 Å². The number of benzene rings is 1. The quantitative estimate of drug-likeness (QED) is 0.420. The second-order valence-electron chi connectivity index (χ2n) is 8.78. The van der Waals surface area contributed by atoms with Gasteiger partial charge in [-0.1, -0.05) is 54.9 Å². The molecule has 0 aliphatic rings. The Labute approximate surface area is 153 Å². The minimum absolute atomic E-state index is 0.191. The van der Waals surface area contributed by atoms with Gasteiger partial charge in [-0.25, -0.2) is 4.79 Å². The minimum atomic E-state index is -0.281. The molecule has 0 saturated carbocycles. The van der Waals surface area contributed by atoms with Crippen molar-refractivity contribution < 1.29 is 14.6 Å². The minimum Gasteiger partial charge on any atom is -0.507 e. The Hall–Kier alpha value is -1.77. The Morgan fingerprint density at radius 2 is 1.56 bits per heavy atom. The average Bonchev–Trinajstić information content (AvgIpc) is 2.46. The molecule has 0 bridgehead atoms. The maximum Gasteiger partial charge on any atom is 0.333 e. The fourth-order valence-electron chi connectivity index (χ4n) is 2.62. The number of phenolic OH excluding ortho intramolecular Hbond substituents is 1. The monoisotopic (exact) mass is 346 g/mol. The van der Waals surface area contributed by atoms with Gasteiger partial charge in [-0.15, -0.1) is 0 Å². The van der Waals surface area contributed by atoms with Crippen molar-refractivity contribution in [2.24, 2.45) is 0 Å². The summed E-state index contributed by atoms with van der Waals surface area (Å²) in [7, 11) is 0. The van der Waals surface area contributed by atoms with Crippen molar-refractivity contribution in [3.8, 4) is 5.75 Å². The van der Waals surface area contributed by atoms with Crippen molar-refractivity contribution in [2.75, 3.05) is 6.61 Å². The van der Waals surface area contributed by atoms with Gasteiger partial charge in [-0.2, -0.15) is 0 Å². The summed E-state index contributed by atoms with van der Waals surface area (Å²) < 4.78 is 5.28. The van der Waals surface area contributed by atoms with Crippen LogP contribution in [0.5, 0.6) is 5.75 Å². The van der Waals surface area contributed by atoms with Gasteiger partial charge < -0.3 is 9.84 Å². The highest BCUT2D eigenvalue weighted by Crippen LogP contribution is 2.40. The number of hydrogen-bond donors (Lipinski definition) is 1. The first-order valence-electron chi connectivity index (χ1n) is 9.11. The number of hydrogen-bond acceptors (Lipinski definition) is 3. The normalized spacial score (nSPS) is 13.0. The van der Waals surface area contributed by atoms with E-state index in [9.17, 15) is 9.90 Å². The number of rotatable bonds is 5. The summed E-state index contributed by atoms with van der Waals surface area (Å²) >= 11 is 0. The zero-order valence-corrected chi connectivity index (χ0v) is 17.1. The second-order valence-corrected chi connectivity index (χ2v) is 8.78. The molecule has 1 aromatic carbocycles. The summed E-state index contributed by atoms with van der Waals surface area (Å²) in [4.78, 5) is 12.1. The van der Waals surface area contributed by atoms with Crippen molar-refractivity contribution in [1.29, 1.82) is 0 Å². The highest BCUT2D eigenvalue weighted by atomic mass is 16.5. The maximum atomic E-state index is 12.1. The van der Waals surface area contributed by atoms with E-state index in [-0.39, 0.29) is 16.8 Å². The molecule has 0 radical (unpaired) electrons. The fourth-order valence-corrected chi connectivity index (χ4v) is 2.62. The standard InChI is InChI=1S/C22H34O3/c1-9-10-11-25-20(24)15(2)12-16-13-17(21(3,4)5)19(23)18(14-16)22(6,7)8/h12-14,23H,9-11H2,1-8H3. The van der Waals surface area contributed by atoms with Crippen molar-refractivity contribution >= 4 is 12.0 Å². The number of carbonyl (C=O) groups is 1. The molecule has 0 unspecified atom stereocenters. The lowest BCUT2D eigenvalue weighted by Crippen LogP contribution is -2.17. The average molecular weight is 347 g/mol. The molecule has 3 heteroatoms. The van der Waals surface area contributed by atoms with Gasteiger partial charge in [0, 0.05) is 16.7 Å². The molecule has 140 valence electrons. The Bertz CT molecular complexity index is 605. The largest absolute Gasteiger partial charge is 0.507 e. The molecule has 25 heavy (non-hydrogen) atoms. The van der Waals surface area contributed by atoms with Crippen molar-refractivity contribution in [2.45, 2.75) is 79.1 Å². The van der Waals surface area contributed by atoms with Crippen LogP contribution in [0.25, 0.3) is 6.08 Å². The first kappa shape index (κ1) is 21.3. The van der Waals surface area contributed by atoms with E-state index in [1.54, 1.807) is 6.92 Å². The Morgan fingerprint density at radius 3 is 1.96 bits per heavy atom. The van der Waals surface area contributed by atoms with E-state index in [1.165, 1.54) is 0 Å². The highest BCUT2D eigenvalue weighted by Gasteiger charge is 2.26. The third-order valence-electron chi connectivity index (χ3n) is 4.18. The van der Waals surface area contributed by atoms with Crippen LogP contribution in [0.1, 0.15) is 84.9 Å². The van der Waals surface area contributed by atoms with Crippen LogP contribution in [0.2, 0.25) is 0 Å². The first-order valence-corrected chi connectivity index (χ1v) is 9.11. The molecule has 0 spiro atoms. The number of ether oxygens (including phenoxy) is 1. The Morgan fingerprint density at radius 1 is 1.08 bits per heavy atom. The van der Waals surface area contributed by atoms with Crippen LogP contribution in [0.15, 0.2) is 17.7 Å². The third kappa shape index (κ3) is 5.91. The van der Waals surface area contributed by atoms with Crippen LogP contribution in [-0.4, -0.2) is 17.7 Å². The van der Waals surface area contributed by atoms with E-state index >= 15 is 0 Å². The van der Waals surface area contributed by atoms with Gasteiger partial charge in [0.05, 0.1) is 6.61 Å². The lowest BCUT2D eigenvalue weighted by atomic mass is 9.78. The molecular formula is C22H34O3. The first-order chi connectivity index (χ1) is 11.4. The summed E-state index contributed by atoms with van der Waals surface area (Å²) in [5.41, 5.74) is 2.88. The lowest BCUT2D eigenvalue weighted by Gasteiger charge is -2.28. The number of esters is 1. The molecule has 1 N–H and O–H groups in total. The van der Waals surface area contributed by atoms with Gasteiger partial charge in [-0.05, 0) is 47.9 Å². The molecule has 0 aliphatic heterocycles. The molecular weight excluding hydrogens is 312 g/mol. The van der Waals surface area contributed by atoms with E-state index in [0.29, 0.717) is 17.9 Å². The van der Waals surface area contributed by atoms with Crippen molar-refractivity contribution in [1.82, 2.24) is 0 Å². The summed E-state index contributed by atoms with van der Waals surface area (Å²) in [5.74, 6) is 0.0662. The van der Waals surface area contributed by atoms with E-state index in [0.717, 1.165) is 29.5 Å². The molecule has 0 heterocycles. The van der Waals surface area contributed by atoms with Gasteiger partial charge in [0.1, 0.15) is 5.75 Å². The van der Waals surface area contributed by atoms with Crippen LogP contribution in [0.4, 0.5) is 0 Å². The van der Waals surface area contributed by atoms with Crippen molar-refractivity contribution in [3.05, 3.63) is 34.4 Å². The topological polar surface area (TPSA) is 46.5 Å². The van der Waals surface area contributed by atoms with Crippen molar-refractivity contribution in [3.63, 3.8) is 0 Å². The van der Waals surface area contributed by atoms with Crippen LogP contribution in [-0.2, 0) is 20.4 Å². The van der Waals surface area contributed by atoms with E-state index < -0.39 is 0 Å². The Kier molecular flexibility index (Phi) is 6.87. The molecule has 0 aliphatic carbocycles. The van der Waals surface area contributed by atoms with Crippen LogP contribution in [0, 0.1) is 0 Å². The third-order valence-corrected chi connectivity index (χ3v) is 4.18.